The molecule has 0 unspecified atom stereocenters. The van der Waals surface area contributed by atoms with Crippen molar-refractivity contribution >= 4 is 21.6 Å². The Morgan fingerprint density at radius 2 is 2.20 bits per heavy atom. The number of nitrogens with two attached hydrogens (primary N) is 1. The van der Waals surface area contributed by atoms with E-state index in [2.05, 4.69) is 25.3 Å². The summed E-state index contributed by atoms with van der Waals surface area (Å²) in [5.74, 6) is -0.812. The third kappa shape index (κ3) is 3.10. The third-order valence-corrected chi connectivity index (χ3v) is 4.02. The van der Waals surface area contributed by atoms with Crippen LogP contribution in [0.5, 0.6) is 0 Å². The van der Waals surface area contributed by atoms with Crippen LogP contribution in [0, 0.1) is 5.82 Å². The average Bonchev–Trinajstić information content (AvgIpc) is 2.92. The van der Waals surface area contributed by atoms with Gasteiger partial charge in [-0.05, 0) is 12.1 Å². The zero-order valence-corrected chi connectivity index (χ0v) is 11.5. The second kappa shape index (κ2) is 5.79. The van der Waals surface area contributed by atoms with Gasteiger partial charge in [-0.25, -0.2) is 17.5 Å². The number of aromatic nitrogens is 4. The second-order valence-corrected chi connectivity index (χ2v) is 5.91. The lowest BCUT2D eigenvalue weighted by Crippen LogP contribution is -2.25. The number of nitrogens with one attached hydrogen (secondary N) is 2. The fourth-order valence-corrected chi connectivity index (χ4v) is 2.89. The number of aromatic amines is 1. The molecule has 8 nitrogen and oxygen atoms in total. The van der Waals surface area contributed by atoms with Crippen molar-refractivity contribution < 1.29 is 12.8 Å². The number of nitrogens with zero attached hydrogens (tertiary/aromatic N) is 3. The van der Waals surface area contributed by atoms with Crippen LogP contribution < -0.4 is 10.5 Å². The second-order valence-electron chi connectivity index (χ2n) is 3.73. The number of sulfonamides is 1. The van der Waals surface area contributed by atoms with E-state index in [1.54, 1.807) is 0 Å². The minimum atomic E-state index is -4.11. The standard InChI is InChI=1S/C9H10ClFN6O2S/c10-6-1-5(3-12)9(11)7(2-6)20(18,19)13-4-8-14-16-17-15-8/h1-2,13H,3-4,12H2,(H,14,15,16,17). The summed E-state index contributed by atoms with van der Waals surface area (Å²) in [7, 11) is -4.11. The summed E-state index contributed by atoms with van der Waals surface area (Å²) in [4.78, 5) is -0.575. The number of hydrogen-bond donors (Lipinski definition) is 3. The van der Waals surface area contributed by atoms with Crippen LogP contribution in [0.1, 0.15) is 11.4 Å². The molecule has 0 spiro atoms. The molecule has 1 aromatic heterocycles. The lowest BCUT2D eigenvalue weighted by Gasteiger charge is -2.09. The van der Waals surface area contributed by atoms with Gasteiger partial charge in [-0.1, -0.05) is 16.8 Å². The van der Waals surface area contributed by atoms with Crippen LogP contribution in [0.15, 0.2) is 17.0 Å². The largest absolute Gasteiger partial charge is 0.326 e. The van der Waals surface area contributed by atoms with E-state index in [9.17, 15) is 12.8 Å². The lowest BCUT2D eigenvalue weighted by molar-refractivity contribution is 0.548. The van der Waals surface area contributed by atoms with Crippen LogP contribution in [-0.2, 0) is 23.1 Å². The van der Waals surface area contributed by atoms with Crippen LogP contribution in [0.3, 0.4) is 0 Å². The van der Waals surface area contributed by atoms with Gasteiger partial charge in [0.2, 0.25) is 10.0 Å². The monoisotopic (exact) mass is 320 g/mol. The van der Waals surface area contributed by atoms with E-state index in [4.69, 9.17) is 17.3 Å². The van der Waals surface area contributed by atoms with Gasteiger partial charge in [0.05, 0.1) is 6.54 Å². The van der Waals surface area contributed by atoms with Gasteiger partial charge in [0, 0.05) is 17.1 Å². The highest BCUT2D eigenvalue weighted by Gasteiger charge is 2.22. The van der Waals surface area contributed by atoms with Crippen molar-refractivity contribution in [2.45, 2.75) is 18.0 Å². The van der Waals surface area contributed by atoms with Crippen molar-refractivity contribution in [3.05, 3.63) is 34.4 Å². The van der Waals surface area contributed by atoms with Crippen LogP contribution in [-0.4, -0.2) is 29.0 Å². The average molecular weight is 321 g/mol. The predicted octanol–water partition coefficient (Wildman–Crippen LogP) is -0.0706. The minimum absolute atomic E-state index is 0.0115. The molecule has 0 saturated heterocycles. The van der Waals surface area contributed by atoms with E-state index < -0.39 is 20.7 Å². The van der Waals surface area contributed by atoms with Gasteiger partial charge in [0.15, 0.2) is 5.82 Å². The molecule has 0 radical (unpaired) electrons. The van der Waals surface area contributed by atoms with Gasteiger partial charge in [0.1, 0.15) is 10.7 Å². The maximum Gasteiger partial charge on any atom is 0.243 e. The van der Waals surface area contributed by atoms with Gasteiger partial charge in [-0.2, -0.15) is 5.21 Å². The first-order valence-corrected chi connectivity index (χ1v) is 7.20. The molecule has 0 saturated carbocycles. The number of hydrogen-bond acceptors (Lipinski definition) is 6. The molecule has 0 fully saturated rings. The Morgan fingerprint density at radius 1 is 1.45 bits per heavy atom. The van der Waals surface area contributed by atoms with E-state index >= 15 is 0 Å². The zero-order chi connectivity index (χ0) is 14.8. The summed E-state index contributed by atoms with van der Waals surface area (Å²) in [6.45, 7) is -0.400. The summed E-state index contributed by atoms with van der Waals surface area (Å²) in [5, 5.41) is 12.7. The quantitative estimate of drug-likeness (QED) is 0.707. The van der Waals surface area contributed by atoms with Crippen molar-refractivity contribution in [3.63, 3.8) is 0 Å². The summed E-state index contributed by atoms with van der Waals surface area (Å²) >= 11 is 5.75. The molecule has 0 atom stereocenters. The molecule has 0 amide bonds. The number of H-pyrrole nitrogens is 1. The zero-order valence-electron chi connectivity index (χ0n) is 9.97. The number of tetrazole rings is 1. The van der Waals surface area contributed by atoms with E-state index in [0.29, 0.717) is 0 Å². The first kappa shape index (κ1) is 14.8. The molecule has 1 heterocycles. The molecule has 108 valence electrons. The smallest absolute Gasteiger partial charge is 0.243 e. The molecular formula is C9H10ClFN6O2S. The highest BCUT2D eigenvalue weighted by Crippen LogP contribution is 2.23. The van der Waals surface area contributed by atoms with E-state index in [0.717, 1.165) is 6.07 Å². The molecule has 0 aliphatic rings. The Bertz CT molecular complexity index is 705. The molecular weight excluding hydrogens is 311 g/mol. The summed E-state index contributed by atoms with van der Waals surface area (Å²) in [6.07, 6.45) is 0. The highest BCUT2D eigenvalue weighted by molar-refractivity contribution is 7.89. The van der Waals surface area contributed by atoms with Crippen molar-refractivity contribution in [2.75, 3.05) is 0 Å². The molecule has 2 rings (SSSR count). The molecule has 1 aromatic carbocycles. The first-order valence-electron chi connectivity index (χ1n) is 5.34. The normalized spacial score (nSPS) is 11.8. The molecule has 0 aliphatic heterocycles. The van der Waals surface area contributed by atoms with Gasteiger partial charge < -0.3 is 5.73 Å². The first-order chi connectivity index (χ1) is 9.44. The minimum Gasteiger partial charge on any atom is -0.326 e. The summed E-state index contributed by atoms with van der Waals surface area (Å²) in [6, 6.07) is 2.28. The molecule has 4 N–H and O–H groups in total. The molecule has 0 aliphatic carbocycles. The maximum atomic E-state index is 14.0. The molecule has 11 heteroatoms. The fraction of sp³-hybridized carbons (Fsp3) is 0.222. The van der Waals surface area contributed by atoms with Crippen molar-refractivity contribution in [3.8, 4) is 0 Å². The lowest BCUT2D eigenvalue weighted by atomic mass is 10.2. The van der Waals surface area contributed by atoms with Gasteiger partial charge in [-0.15, -0.1) is 10.2 Å². The topological polar surface area (TPSA) is 127 Å². The van der Waals surface area contributed by atoms with Crippen LogP contribution in [0.4, 0.5) is 4.39 Å². The highest BCUT2D eigenvalue weighted by atomic mass is 35.5. The van der Waals surface area contributed by atoms with Crippen LogP contribution >= 0.6 is 11.6 Å². The van der Waals surface area contributed by atoms with Crippen molar-refractivity contribution in [2.24, 2.45) is 5.73 Å². The van der Waals surface area contributed by atoms with E-state index in [1.165, 1.54) is 6.07 Å². The molecule has 2 aromatic rings. The van der Waals surface area contributed by atoms with Gasteiger partial charge in [-0.3, -0.25) is 0 Å². The maximum absolute atomic E-state index is 14.0. The van der Waals surface area contributed by atoms with Crippen LogP contribution in [0.25, 0.3) is 0 Å². The Hall–Kier alpha value is -1.62. The number of benzene rings is 1. The predicted molar refractivity (Wildman–Crippen MR) is 67.5 cm³/mol. The molecule has 20 heavy (non-hydrogen) atoms. The SMILES string of the molecule is NCc1cc(Cl)cc(S(=O)(=O)NCc2nn[nH]n2)c1F. The Labute approximate surface area is 118 Å². The molecule has 0 bridgehead atoms. The fourth-order valence-electron chi connectivity index (χ4n) is 1.46. The number of halogens is 2. The third-order valence-electron chi connectivity index (χ3n) is 2.40. The van der Waals surface area contributed by atoms with Crippen molar-refractivity contribution in [1.29, 1.82) is 0 Å². The van der Waals surface area contributed by atoms with Gasteiger partial charge >= 0.3 is 0 Å². The number of rotatable bonds is 5. The van der Waals surface area contributed by atoms with Crippen LogP contribution in [0.2, 0.25) is 5.02 Å². The van der Waals surface area contributed by atoms with Gasteiger partial charge in [0.25, 0.3) is 0 Å². The Morgan fingerprint density at radius 3 is 2.80 bits per heavy atom. The summed E-state index contributed by atoms with van der Waals surface area (Å²) < 4.78 is 40.2. The summed E-state index contributed by atoms with van der Waals surface area (Å²) in [5.41, 5.74) is 5.35. The van der Waals surface area contributed by atoms with E-state index in [-0.39, 0.29) is 29.5 Å². The Kier molecular flexibility index (Phi) is 4.28. The van der Waals surface area contributed by atoms with E-state index in [1.807, 2.05) is 0 Å². The van der Waals surface area contributed by atoms with Crippen molar-refractivity contribution in [1.82, 2.24) is 25.3 Å². The Balaban J connectivity index is 2.31.